The van der Waals surface area contributed by atoms with E-state index in [2.05, 4.69) is 5.32 Å². The van der Waals surface area contributed by atoms with Crippen molar-refractivity contribution in [2.24, 2.45) is 5.41 Å². The van der Waals surface area contributed by atoms with Crippen molar-refractivity contribution in [3.05, 3.63) is 23.8 Å². The maximum absolute atomic E-state index is 12.3. The molecule has 6 nitrogen and oxygen atoms in total. The monoisotopic (exact) mass is 295 g/mol. The van der Waals surface area contributed by atoms with Gasteiger partial charge in [-0.05, 0) is 17.5 Å². The summed E-state index contributed by atoms with van der Waals surface area (Å²) in [6, 6.07) is 3.72. The fourth-order valence-electron chi connectivity index (χ4n) is 1.84. The predicted molar refractivity (Wildman–Crippen MR) is 77.9 cm³/mol. The van der Waals surface area contributed by atoms with Crippen molar-refractivity contribution in [3.8, 4) is 11.5 Å². The van der Waals surface area contributed by atoms with Gasteiger partial charge in [0.05, 0.1) is 19.8 Å². The molecule has 0 bridgehead atoms. The molecule has 0 aromatic heterocycles. The molecule has 1 aromatic carbocycles. The van der Waals surface area contributed by atoms with Crippen LogP contribution in [-0.2, 0) is 4.79 Å². The highest BCUT2D eigenvalue weighted by Crippen LogP contribution is 2.26. The molecule has 0 spiro atoms. The minimum Gasteiger partial charge on any atom is -0.497 e. The third-order valence-electron chi connectivity index (χ3n) is 3.04. The van der Waals surface area contributed by atoms with E-state index in [1.54, 1.807) is 32.9 Å². The molecule has 0 fully saturated rings. The minimum absolute atomic E-state index is 0.258. The number of carbonyl (C=O) groups is 2. The van der Waals surface area contributed by atoms with E-state index in [1.165, 1.54) is 20.3 Å². The number of ether oxygens (including phenoxy) is 2. The highest BCUT2D eigenvalue weighted by atomic mass is 16.5. The summed E-state index contributed by atoms with van der Waals surface area (Å²) < 4.78 is 10.2. The van der Waals surface area contributed by atoms with Gasteiger partial charge < -0.3 is 19.9 Å². The van der Waals surface area contributed by atoms with Crippen LogP contribution in [0.4, 0.5) is 0 Å². The highest BCUT2D eigenvalue weighted by molar-refractivity contribution is 5.99. The van der Waals surface area contributed by atoms with Gasteiger partial charge in [-0.25, -0.2) is 4.79 Å². The van der Waals surface area contributed by atoms with Gasteiger partial charge in [0.25, 0.3) is 5.91 Å². The maximum Gasteiger partial charge on any atom is 0.326 e. The molecule has 0 heterocycles. The summed E-state index contributed by atoms with van der Waals surface area (Å²) in [5.41, 5.74) is -0.352. The van der Waals surface area contributed by atoms with Crippen molar-refractivity contribution in [3.63, 3.8) is 0 Å². The molecule has 0 aliphatic rings. The van der Waals surface area contributed by atoms with Gasteiger partial charge in [0.1, 0.15) is 17.5 Å². The van der Waals surface area contributed by atoms with Crippen molar-refractivity contribution in [1.29, 1.82) is 0 Å². The Morgan fingerprint density at radius 2 is 1.81 bits per heavy atom. The molecule has 0 unspecified atom stereocenters. The van der Waals surface area contributed by atoms with E-state index in [-0.39, 0.29) is 5.56 Å². The summed E-state index contributed by atoms with van der Waals surface area (Å²) >= 11 is 0. The fraction of sp³-hybridized carbons (Fsp3) is 0.467. The number of amides is 1. The Kier molecular flexibility index (Phi) is 5.18. The van der Waals surface area contributed by atoms with Crippen molar-refractivity contribution in [1.82, 2.24) is 5.32 Å². The lowest BCUT2D eigenvalue weighted by atomic mass is 9.86. The molecular formula is C15H21NO5. The number of hydrogen-bond donors (Lipinski definition) is 2. The number of nitrogens with one attached hydrogen (secondary N) is 1. The molecule has 1 amide bonds. The first kappa shape index (κ1) is 16.8. The summed E-state index contributed by atoms with van der Waals surface area (Å²) in [5.74, 6) is -0.709. The van der Waals surface area contributed by atoms with Crippen LogP contribution >= 0.6 is 0 Å². The Morgan fingerprint density at radius 1 is 1.19 bits per heavy atom. The van der Waals surface area contributed by atoms with Crippen LogP contribution in [0.5, 0.6) is 11.5 Å². The predicted octanol–water partition coefficient (Wildman–Crippen LogP) is 1.93. The van der Waals surface area contributed by atoms with E-state index in [4.69, 9.17) is 9.47 Å². The number of methoxy groups -OCH3 is 2. The van der Waals surface area contributed by atoms with Crippen LogP contribution < -0.4 is 14.8 Å². The number of carboxylic acid groups (broad SMARTS) is 1. The maximum atomic E-state index is 12.3. The van der Waals surface area contributed by atoms with Gasteiger partial charge >= 0.3 is 5.97 Å². The quantitative estimate of drug-likeness (QED) is 0.867. The van der Waals surface area contributed by atoms with Gasteiger partial charge in [0.15, 0.2) is 0 Å². The normalized spacial score (nSPS) is 12.4. The first-order chi connectivity index (χ1) is 9.70. The first-order valence-corrected chi connectivity index (χ1v) is 6.46. The molecule has 1 aromatic rings. The average Bonchev–Trinajstić information content (AvgIpc) is 2.41. The summed E-state index contributed by atoms with van der Waals surface area (Å²) in [5, 5.41) is 11.8. The average molecular weight is 295 g/mol. The Balaban J connectivity index is 3.06. The molecular weight excluding hydrogens is 274 g/mol. The van der Waals surface area contributed by atoms with Gasteiger partial charge in [-0.1, -0.05) is 20.8 Å². The van der Waals surface area contributed by atoms with E-state index in [9.17, 15) is 14.7 Å². The standard InChI is InChI=1S/C15H21NO5/c1-15(2,3)12(14(18)19)16-13(17)10-7-6-9(20-4)8-11(10)21-5/h6-8,12H,1-5H3,(H,16,17)(H,18,19)/t12-/m1/s1. The fourth-order valence-corrected chi connectivity index (χ4v) is 1.84. The van der Waals surface area contributed by atoms with Crippen molar-refractivity contribution < 1.29 is 24.2 Å². The number of rotatable bonds is 5. The largest absolute Gasteiger partial charge is 0.497 e. The van der Waals surface area contributed by atoms with Gasteiger partial charge in [0, 0.05) is 6.07 Å². The molecule has 0 saturated carbocycles. The summed E-state index contributed by atoms with van der Waals surface area (Å²) in [6.45, 7) is 5.24. The molecule has 1 atom stereocenters. The van der Waals surface area contributed by atoms with E-state index < -0.39 is 23.3 Å². The number of carboxylic acids is 1. The third kappa shape index (κ3) is 4.11. The zero-order valence-electron chi connectivity index (χ0n) is 12.9. The van der Waals surface area contributed by atoms with E-state index in [0.29, 0.717) is 11.5 Å². The number of hydrogen-bond acceptors (Lipinski definition) is 4. The second-order valence-electron chi connectivity index (χ2n) is 5.68. The van der Waals surface area contributed by atoms with Gasteiger partial charge in [-0.15, -0.1) is 0 Å². The smallest absolute Gasteiger partial charge is 0.326 e. The second-order valence-corrected chi connectivity index (χ2v) is 5.68. The molecule has 21 heavy (non-hydrogen) atoms. The van der Waals surface area contributed by atoms with Crippen LogP contribution in [0.3, 0.4) is 0 Å². The summed E-state index contributed by atoms with van der Waals surface area (Å²) in [6.07, 6.45) is 0. The lowest BCUT2D eigenvalue weighted by Crippen LogP contribution is -2.49. The van der Waals surface area contributed by atoms with Crippen LogP contribution in [0.2, 0.25) is 0 Å². The minimum atomic E-state index is -1.08. The van der Waals surface area contributed by atoms with Crippen molar-refractivity contribution >= 4 is 11.9 Å². The number of carbonyl (C=O) groups excluding carboxylic acids is 1. The topological polar surface area (TPSA) is 84.9 Å². The van der Waals surface area contributed by atoms with Crippen molar-refractivity contribution in [2.45, 2.75) is 26.8 Å². The molecule has 0 aliphatic carbocycles. The molecule has 0 radical (unpaired) electrons. The zero-order valence-corrected chi connectivity index (χ0v) is 12.9. The number of benzene rings is 1. The molecule has 2 N–H and O–H groups in total. The van der Waals surface area contributed by atoms with Gasteiger partial charge in [-0.2, -0.15) is 0 Å². The molecule has 6 heteroatoms. The second kappa shape index (κ2) is 6.47. The lowest BCUT2D eigenvalue weighted by molar-refractivity contribution is -0.142. The third-order valence-corrected chi connectivity index (χ3v) is 3.04. The van der Waals surface area contributed by atoms with Crippen LogP contribution in [0.15, 0.2) is 18.2 Å². The molecule has 1 rings (SSSR count). The van der Waals surface area contributed by atoms with E-state index in [0.717, 1.165) is 0 Å². The van der Waals surface area contributed by atoms with E-state index in [1.807, 2.05) is 0 Å². The van der Waals surface area contributed by atoms with Crippen molar-refractivity contribution in [2.75, 3.05) is 14.2 Å². The SMILES string of the molecule is COc1ccc(C(=O)N[C@H](C(=O)O)C(C)(C)C)c(OC)c1. The zero-order chi connectivity index (χ0) is 16.2. The van der Waals surface area contributed by atoms with Crippen LogP contribution in [0.1, 0.15) is 31.1 Å². The summed E-state index contributed by atoms with van der Waals surface area (Å²) in [7, 11) is 2.94. The van der Waals surface area contributed by atoms with Gasteiger partial charge in [0.2, 0.25) is 0 Å². The lowest BCUT2D eigenvalue weighted by Gasteiger charge is -2.28. The van der Waals surface area contributed by atoms with Crippen LogP contribution in [-0.4, -0.2) is 37.2 Å². The molecule has 116 valence electrons. The number of aliphatic carboxylic acids is 1. The Morgan fingerprint density at radius 3 is 2.24 bits per heavy atom. The Hall–Kier alpha value is -2.24. The van der Waals surface area contributed by atoms with Crippen LogP contribution in [0, 0.1) is 5.41 Å². The van der Waals surface area contributed by atoms with E-state index >= 15 is 0 Å². The van der Waals surface area contributed by atoms with Crippen LogP contribution in [0.25, 0.3) is 0 Å². The molecule has 0 aliphatic heterocycles. The Bertz CT molecular complexity index is 533. The van der Waals surface area contributed by atoms with Gasteiger partial charge in [-0.3, -0.25) is 4.79 Å². The molecule has 0 saturated heterocycles. The first-order valence-electron chi connectivity index (χ1n) is 6.46. The Labute approximate surface area is 124 Å². The highest BCUT2D eigenvalue weighted by Gasteiger charge is 2.33. The summed E-state index contributed by atoms with van der Waals surface area (Å²) in [4.78, 5) is 23.6.